The van der Waals surface area contributed by atoms with Gasteiger partial charge in [-0.15, -0.1) is 0 Å². The number of carbonyl (C=O) groups is 1. The minimum atomic E-state index is -0.463. The summed E-state index contributed by atoms with van der Waals surface area (Å²) < 4.78 is 13.1. The molecule has 0 bridgehead atoms. The summed E-state index contributed by atoms with van der Waals surface area (Å²) in [5, 5.41) is 2.81. The highest BCUT2D eigenvalue weighted by molar-refractivity contribution is 5.99. The number of rotatable bonds is 5. The quantitative estimate of drug-likeness (QED) is 0.781. The largest absolute Gasteiger partial charge is 0.398 e. The molecule has 1 rings (SSSR count). The normalized spacial score (nSPS) is 12.5. The van der Waals surface area contributed by atoms with E-state index in [9.17, 15) is 9.18 Å². The minimum Gasteiger partial charge on any atom is -0.398 e. The van der Waals surface area contributed by atoms with Gasteiger partial charge in [-0.05, 0) is 52.2 Å². The molecule has 0 spiro atoms. The summed E-state index contributed by atoms with van der Waals surface area (Å²) in [5.74, 6) is -0.798. The van der Waals surface area contributed by atoms with Gasteiger partial charge in [-0.2, -0.15) is 0 Å². The second-order valence-electron chi connectivity index (χ2n) is 4.70. The lowest BCUT2D eigenvalue weighted by molar-refractivity contribution is 0.0937. The molecule has 1 amide bonds. The predicted octanol–water partition coefficient (Wildman–Crippen LogP) is 1.48. The first-order valence-corrected chi connectivity index (χ1v) is 5.90. The number of hydrogen-bond donors (Lipinski definition) is 2. The molecule has 4 nitrogen and oxygen atoms in total. The number of halogens is 1. The number of nitrogens with two attached hydrogens (primary N) is 1. The van der Waals surface area contributed by atoms with Gasteiger partial charge in [0.15, 0.2) is 0 Å². The molecule has 0 saturated heterocycles. The minimum absolute atomic E-state index is 0.0163. The lowest BCUT2D eigenvalue weighted by Crippen LogP contribution is -2.35. The molecule has 0 aliphatic rings. The second-order valence-corrected chi connectivity index (χ2v) is 4.70. The standard InChI is InChI=1S/C13H20FN3O/c1-9(6-7-17(2)3)16-13(18)11-8-10(14)4-5-12(11)15/h4-5,8-9H,6-7,15H2,1-3H3,(H,16,18). The van der Waals surface area contributed by atoms with Crippen molar-refractivity contribution in [2.75, 3.05) is 26.4 Å². The molecule has 0 aliphatic heterocycles. The highest BCUT2D eigenvalue weighted by Gasteiger charge is 2.13. The van der Waals surface area contributed by atoms with Gasteiger partial charge >= 0.3 is 0 Å². The van der Waals surface area contributed by atoms with Crippen LogP contribution in [0.15, 0.2) is 18.2 Å². The molecule has 0 saturated carbocycles. The SMILES string of the molecule is CC(CCN(C)C)NC(=O)c1cc(F)ccc1N. The molecule has 1 aromatic rings. The maximum absolute atomic E-state index is 13.1. The summed E-state index contributed by atoms with van der Waals surface area (Å²) in [6.07, 6.45) is 0.827. The van der Waals surface area contributed by atoms with Crippen LogP contribution in [-0.4, -0.2) is 37.5 Å². The van der Waals surface area contributed by atoms with Crippen LogP contribution in [0.2, 0.25) is 0 Å². The van der Waals surface area contributed by atoms with Crippen molar-refractivity contribution in [2.45, 2.75) is 19.4 Å². The van der Waals surface area contributed by atoms with Crippen molar-refractivity contribution in [3.63, 3.8) is 0 Å². The predicted molar refractivity (Wildman–Crippen MR) is 70.9 cm³/mol. The molecule has 1 aromatic carbocycles. The Labute approximate surface area is 107 Å². The van der Waals surface area contributed by atoms with E-state index in [1.807, 2.05) is 25.9 Å². The zero-order valence-corrected chi connectivity index (χ0v) is 11.0. The van der Waals surface area contributed by atoms with Crippen LogP contribution < -0.4 is 11.1 Å². The van der Waals surface area contributed by atoms with Crippen LogP contribution in [0.25, 0.3) is 0 Å². The van der Waals surface area contributed by atoms with Crippen LogP contribution >= 0.6 is 0 Å². The van der Waals surface area contributed by atoms with E-state index in [0.717, 1.165) is 19.0 Å². The fourth-order valence-electron chi connectivity index (χ4n) is 1.55. The number of carbonyl (C=O) groups excluding carboxylic acids is 1. The molecule has 0 aliphatic carbocycles. The number of nitrogen functional groups attached to an aromatic ring is 1. The van der Waals surface area contributed by atoms with Gasteiger partial charge in [-0.3, -0.25) is 4.79 Å². The Morgan fingerprint density at radius 1 is 1.50 bits per heavy atom. The summed E-state index contributed by atoms with van der Waals surface area (Å²) in [5.41, 5.74) is 6.13. The first-order chi connectivity index (χ1) is 8.40. The third-order valence-electron chi connectivity index (χ3n) is 2.65. The Morgan fingerprint density at radius 2 is 2.17 bits per heavy atom. The summed E-state index contributed by atoms with van der Waals surface area (Å²) in [7, 11) is 3.94. The van der Waals surface area contributed by atoms with Gasteiger partial charge in [0.25, 0.3) is 5.91 Å². The zero-order chi connectivity index (χ0) is 13.7. The van der Waals surface area contributed by atoms with Crippen LogP contribution in [0.4, 0.5) is 10.1 Å². The Morgan fingerprint density at radius 3 is 2.78 bits per heavy atom. The van der Waals surface area contributed by atoms with E-state index in [1.54, 1.807) is 0 Å². The number of benzene rings is 1. The van der Waals surface area contributed by atoms with Gasteiger partial charge in [-0.25, -0.2) is 4.39 Å². The molecule has 0 radical (unpaired) electrons. The molecule has 1 atom stereocenters. The van der Waals surface area contributed by atoms with Crippen LogP contribution in [-0.2, 0) is 0 Å². The highest BCUT2D eigenvalue weighted by atomic mass is 19.1. The van der Waals surface area contributed by atoms with Crippen molar-refractivity contribution in [1.29, 1.82) is 0 Å². The maximum Gasteiger partial charge on any atom is 0.253 e. The van der Waals surface area contributed by atoms with Crippen molar-refractivity contribution in [2.24, 2.45) is 0 Å². The fraction of sp³-hybridized carbons (Fsp3) is 0.462. The molecule has 5 heteroatoms. The molecule has 0 heterocycles. The van der Waals surface area contributed by atoms with Crippen LogP contribution in [0.5, 0.6) is 0 Å². The van der Waals surface area contributed by atoms with E-state index in [0.29, 0.717) is 0 Å². The number of anilines is 1. The Hall–Kier alpha value is -1.62. The van der Waals surface area contributed by atoms with Crippen LogP contribution in [0, 0.1) is 5.82 Å². The van der Waals surface area contributed by atoms with Crippen LogP contribution in [0.3, 0.4) is 0 Å². The first-order valence-electron chi connectivity index (χ1n) is 5.90. The summed E-state index contributed by atoms with van der Waals surface area (Å²) >= 11 is 0. The lowest BCUT2D eigenvalue weighted by atomic mass is 10.1. The lowest BCUT2D eigenvalue weighted by Gasteiger charge is -2.17. The van der Waals surface area contributed by atoms with Gasteiger partial charge in [0, 0.05) is 11.7 Å². The van der Waals surface area contributed by atoms with Gasteiger partial charge in [0.2, 0.25) is 0 Å². The summed E-state index contributed by atoms with van der Waals surface area (Å²) in [6.45, 7) is 2.79. The van der Waals surface area contributed by atoms with Crippen molar-refractivity contribution in [3.05, 3.63) is 29.6 Å². The average molecular weight is 253 g/mol. The molecular formula is C13H20FN3O. The molecule has 100 valence electrons. The van der Waals surface area contributed by atoms with Gasteiger partial charge < -0.3 is 16.0 Å². The number of amides is 1. The molecule has 1 unspecified atom stereocenters. The summed E-state index contributed by atoms with van der Waals surface area (Å²) in [6, 6.07) is 3.81. The Kier molecular flexibility index (Phi) is 5.09. The van der Waals surface area contributed by atoms with Crippen molar-refractivity contribution < 1.29 is 9.18 Å². The van der Waals surface area contributed by atoms with Gasteiger partial charge in [-0.1, -0.05) is 0 Å². The molecular weight excluding hydrogens is 233 g/mol. The molecule has 18 heavy (non-hydrogen) atoms. The second kappa shape index (κ2) is 6.35. The molecule has 0 aromatic heterocycles. The Bertz CT molecular complexity index is 421. The van der Waals surface area contributed by atoms with E-state index in [1.165, 1.54) is 12.1 Å². The van der Waals surface area contributed by atoms with Crippen molar-refractivity contribution in [3.8, 4) is 0 Å². The van der Waals surface area contributed by atoms with Gasteiger partial charge in [0.05, 0.1) is 5.56 Å². The summed E-state index contributed by atoms with van der Waals surface area (Å²) in [4.78, 5) is 13.9. The van der Waals surface area contributed by atoms with Crippen LogP contribution in [0.1, 0.15) is 23.7 Å². The first kappa shape index (κ1) is 14.4. The number of hydrogen-bond acceptors (Lipinski definition) is 3. The Balaban J connectivity index is 2.62. The van der Waals surface area contributed by atoms with E-state index >= 15 is 0 Å². The number of nitrogens with zero attached hydrogens (tertiary/aromatic N) is 1. The third kappa shape index (κ3) is 4.33. The number of nitrogens with one attached hydrogen (secondary N) is 1. The topological polar surface area (TPSA) is 58.4 Å². The molecule has 0 fully saturated rings. The van der Waals surface area contributed by atoms with E-state index in [2.05, 4.69) is 5.32 Å². The van der Waals surface area contributed by atoms with E-state index < -0.39 is 5.82 Å². The monoisotopic (exact) mass is 253 g/mol. The zero-order valence-electron chi connectivity index (χ0n) is 11.0. The third-order valence-corrected chi connectivity index (χ3v) is 2.65. The van der Waals surface area contributed by atoms with Crippen molar-refractivity contribution in [1.82, 2.24) is 10.2 Å². The average Bonchev–Trinajstić information content (AvgIpc) is 2.29. The van der Waals surface area contributed by atoms with E-state index in [-0.39, 0.29) is 23.2 Å². The van der Waals surface area contributed by atoms with Crippen molar-refractivity contribution >= 4 is 11.6 Å². The van der Waals surface area contributed by atoms with Gasteiger partial charge in [0.1, 0.15) is 5.82 Å². The smallest absolute Gasteiger partial charge is 0.253 e. The maximum atomic E-state index is 13.1. The fourth-order valence-corrected chi connectivity index (χ4v) is 1.55. The highest BCUT2D eigenvalue weighted by Crippen LogP contribution is 2.13. The van der Waals surface area contributed by atoms with E-state index in [4.69, 9.17) is 5.73 Å². The molecule has 3 N–H and O–H groups in total.